The van der Waals surface area contributed by atoms with Gasteiger partial charge >= 0.3 is 0 Å². The third-order valence-corrected chi connectivity index (χ3v) is 5.22. The molecular formula is C22H27N5O2. The second-order valence-electron chi connectivity index (χ2n) is 7.62. The summed E-state index contributed by atoms with van der Waals surface area (Å²) in [5, 5.41) is 2.98. The molecule has 3 aromatic rings. The van der Waals surface area contributed by atoms with Gasteiger partial charge in [0, 0.05) is 32.4 Å². The van der Waals surface area contributed by atoms with Crippen LogP contribution in [0.5, 0.6) is 0 Å². The minimum absolute atomic E-state index is 0.116. The van der Waals surface area contributed by atoms with E-state index >= 15 is 0 Å². The number of hydrogen-bond acceptors (Lipinski definition) is 5. The minimum atomic E-state index is -0.116. The van der Waals surface area contributed by atoms with Gasteiger partial charge in [0.15, 0.2) is 0 Å². The summed E-state index contributed by atoms with van der Waals surface area (Å²) in [5.74, 6) is 1.71. The largest absolute Gasteiger partial charge is 0.372 e. The summed E-state index contributed by atoms with van der Waals surface area (Å²) < 4.78 is 7.89. The summed E-state index contributed by atoms with van der Waals surface area (Å²) in [4.78, 5) is 23.8. The lowest BCUT2D eigenvalue weighted by Crippen LogP contribution is -2.45. The highest BCUT2D eigenvalue weighted by molar-refractivity contribution is 5.94. The quantitative estimate of drug-likeness (QED) is 0.722. The summed E-state index contributed by atoms with van der Waals surface area (Å²) in [5.41, 5.74) is 2.62. The van der Waals surface area contributed by atoms with E-state index in [0.29, 0.717) is 18.7 Å². The third kappa shape index (κ3) is 4.24. The van der Waals surface area contributed by atoms with E-state index in [2.05, 4.69) is 38.6 Å². The summed E-state index contributed by atoms with van der Waals surface area (Å²) in [6.07, 6.45) is 1.99. The average molecular weight is 393 g/mol. The number of aromatic nitrogens is 3. The molecule has 1 N–H and O–H groups in total. The van der Waals surface area contributed by atoms with Gasteiger partial charge in [-0.3, -0.25) is 4.79 Å². The molecule has 1 aliphatic rings. The molecule has 0 bridgehead atoms. The highest BCUT2D eigenvalue weighted by Gasteiger charge is 2.23. The standard InChI is InChI=1S/C22H27N5O2/c1-15-13-26(14-16(2)29-15)21-9-8-18(12-24-21)22(28)23-10-11-27-17(3)25-19-6-4-5-7-20(19)27/h4-9,12,15-16H,10-11,13-14H2,1-3H3,(H,23,28)/t15-,16-/m1/s1. The summed E-state index contributed by atoms with van der Waals surface area (Å²) in [6, 6.07) is 11.8. The number of carbonyl (C=O) groups is 1. The Morgan fingerprint density at radius 1 is 1.17 bits per heavy atom. The number of hydrogen-bond donors (Lipinski definition) is 1. The van der Waals surface area contributed by atoms with Crippen LogP contribution in [0.3, 0.4) is 0 Å². The Kier molecular flexibility index (Phi) is 5.49. The zero-order chi connectivity index (χ0) is 20.4. The first-order valence-corrected chi connectivity index (χ1v) is 10.1. The van der Waals surface area contributed by atoms with E-state index in [0.717, 1.165) is 35.8 Å². The van der Waals surface area contributed by atoms with E-state index in [9.17, 15) is 4.79 Å². The van der Waals surface area contributed by atoms with Crippen molar-refractivity contribution in [3.8, 4) is 0 Å². The molecule has 0 radical (unpaired) electrons. The first kappa shape index (κ1) is 19.4. The number of nitrogens with one attached hydrogen (secondary N) is 1. The summed E-state index contributed by atoms with van der Waals surface area (Å²) >= 11 is 0. The Bertz CT molecular complexity index is 988. The smallest absolute Gasteiger partial charge is 0.252 e. The number of nitrogens with zero attached hydrogens (tertiary/aromatic N) is 4. The number of carbonyl (C=O) groups excluding carboxylic acids is 1. The summed E-state index contributed by atoms with van der Waals surface area (Å²) in [7, 11) is 0. The van der Waals surface area contributed by atoms with E-state index in [1.54, 1.807) is 6.20 Å². The fraction of sp³-hybridized carbons (Fsp3) is 0.409. The second-order valence-corrected chi connectivity index (χ2v) is 7.62. The van der Waals surface area contributed by atoms with Crippen LogP contribution in [0, 0.1) is 6.92 Å². The molecule has 7 nitrogen and oxygen atoms in total. The number of amides is 1. The number of aryl methyl sites for hydroxylation is 1. The van der Waals surface area contributed by atoms with Crippen LogP contribution in [-0.4, -0.2) is 52.3 Å². The zero-order valence-corrected chi connectivity index (χ0v) is 17.1. The van der Waals surface area contributed by atoms with E-state index in [4.69, 9.17) is 4.74 Å². The van der Waals surface area contributed by atoms with Crippen LogP contribution in [-0.2, 0) is 11.3 Å². The Balaban J connectivity index is 1.36. The van der Waals surface area contributed by atoms with Gasteiger partial charge in [-0.1, -0.05) is 12.1 Å². The van der Waals surface area contributed by atoms with Crippen molar-refractivity contribution < 1.29 is 9.53 Å². The highest BCUT2D eigenvalue weighted by atomic mass is 16.5. The first-order chi connectivity index (χ1) is 14.0. The molecular weight excluding hydrogens is 366 g/mol. The molecule has 2 atom stereocenters. The maximum atomic E-state index is 12.5. The lowest BCUT2D eigenvalue weighted by molar-refractivity contribution is -0.00546. The van der Waals surface area contributed by atoms with Gasteiger partial charge in [0.25, 0.3) is 5.91 Å². The number of benzene rings is 1. The van der Waals surface area contributed by atoms with Crippen LogP contribution >= 0.6 is 0 Å². The molecule has 1 aliphatic heterocycles. The number of para-hydroxylation sites is 2. The predicted molar refractivity (Wildman–Crippen MR) is 113 cm³/mol. The van der Waals surface area contributed by atoms with Crippen LogP contribution in [0.25, 0.3) is 11.0 Å². The summed E-state index contributed by atoms with van der Waals surface area (Å²) in [6.45, 7) is 8.93. The van der Waals surface area contributed by atoms with Crippen LogP contribution < -0.4 is 10.2 Å². The minimum Gasteiger partial charge on any atom is -0.372 e. The molecule has 1 saturated heterocycles. The average Bonchev–Trinajstić information content (AvgIpc) is 3.02. The van der Waals surface area contributed by atoms with Crippen LogP contribution in [0.4, 0.5) is 5.82 Å². The van der Waals surface area contributed by atoms with Gasteiger partial charge < -0.3 is 19.5 Å². The number of fused-ring (bicyclic) bond motifs is 1. The topological polar surface area (TPSA) is 72.3 Å². The van der Waals surface area contributed by atoms with E-state index in [1.807, 2.05) is 43.3 Å². The Morgan fingerprint density at radius 2 is 1.93 bits per heavy atom. The predicted octanol–water partition coefficient (Wildman–Crippen LogP) is 2.78. The number of ether oxygens (including phenoxy) is 1. The molecule has 29 heavy (non-hydrogen) atoms. The van der Waals surface area contributed by atoms with Crippen LogP contribution in [0.1, 0.15) is 30.0 Å². The first-order valence-electron chi connectivity index (χ1n) is 10.1. The molecule has 3 heterocycles. The molecule has 0 unspecified atom stereocenters. The molecule has 0 aliphatic carbocycles. The van der Waals surface area contributed by atoms with E-state index < -0.39 is 0 Å². The van der Waals surface area contributed by atoms with Crippen molar-refractivity contribution in [3.63, 3.8) is 0 Å². The number of pyridine rings is 1. The molecule has 1 amide bonds. The van der Waals surface area contributed by atoms with Crippen LogP contribution in [0.2, 0.25) is 0 Å². The maximum Gasteiger partial charge on any atom is 0.252 e. The fourth-order valence-corrected chi connectivity index (χ4v) is 3.93. The van der Waals surface area contributed by atoms with Crippen molar-refractivity contribution in [2.45, 2.75) is 39.5 Å². The van der Waals surface area contributed by atoms with Crippen molar-refractivity contribution in [2.24, 2.45) is 0 Å². The Morgan fingerprint density at radius 3 is 2.66 bits per heavy atom. The number of morpholine rings is 1. The SMILES string of the molecule is Cc1nc2ccccc2n1CCNC(=O)c1ccc(N2C[C@@H](C)O[C@H](C)C2)nc1. The number of imidazole rings is 1. The van der Waals surface area contributed by atoms with Crippen molar-refractivity contribution in [2.75, 3.05) is 24.5 Å². The van der Waals surface area contributed by atoms with Gasteiger partial charge in [-0.05, 0) is 45.0 Å². The molecule has 7 heteroatoms. The Hall–Kier alpha value is -2.93. The number of rotatable bonds is 5. The lowest BCUT2D eigenvalue weighted by Gasteiger charge is -2.36. The molecule has 2 aromatic heterocycles. The van der Waals surface area contributed by atoms with Gasteiger partial charge in [-0.15, -0.1) is 0 Å². The molecule has 4 rings (SSSR count). The second kappa shape index (κ2) is 8.21. The lowest BCUT2D eigenvalue weighted by atomic mass is 10.2. The number of anilines is 1. The van der Waals surface area contributed by atoms with Crippen molar-refractivity contribution in [1.82, 2.24) is 19.9 Å². The van der Waals surface area contributed by atoms with Crippen molar-refractivity contribution in [1.29, 1.82) is 0 Å². The normalized spacial score (nSPS) is 19.5. The zero-order valence-electron chi connectivity index (χ0n) is 17.1. The monoisotopic (exact) mass is 393 g/mol. The van der Waals surface area contributed by atoms with Crippen molar-refractivity contribution >= 4 is 22.8 Å². The molecule has 0 saturated carbocycles. The van der Waals surface area contributed by atoms with E-state index in [1.165, 1.54) is 0 Å². The molecule has 152 valence electrons. The van der Waals surface area contributed by atoms with Gasteiger partial charge in [0.05, 0.1) is 28.8 Å². The molecule has 1 aromatic carbocycles. The fourth-order valence-electron chi connectivity index (χ4n) is 3.93. The molecule has 0 spiro atoms. The highest BCUT2D eigenvalue weighted by Crippen LogP contribution is 2.18. The maximum absolute atomic E-state index is 12.5. The molecule has 1 fully saturated rings. The van der Waals surface area contributed by atoms with Crippen molar-refractivity contribution in [3.05, 3.63) is 54.0 Å². The Labute approximate surface area is 170 Å². The van der Waals surface area contributed by atoms with Gasteiger partial charge in [-0.25, -0.2) is 9.97 Å². The third-order valence-electron chi connectivity index (χ3n) is 5.22. The van der Waals surface area contributed by atoms with Gasteiger partial charge in [-0.2, -0.15) is 0 Å². The van der Waals surface area contributed by atoms with E-state index in [-0.39, 0.29) is 18.1 Å². The van der Waals surface area contributed by atoms with Gasteiger partial charge in [0.2, 0.25) is 0 Å². The van der Waals surface area contributed by atoms with Crippen LogP contribution in [0.15, 0.2) is 42.6 Å². The van der Waals surface area contributed by atoms with Gasteiger partial charge in [0.1, 0.15) is 11.6 Å².